The summed E-state index contributed by atoms with van der Waals surface area (Å²) < 4.78 is 93.0. The number of benzene rings is 3. The van der Waals surface area contributed by atoms with Gasteiger partial charge in [-0.25, -0.2) is 18.5 Å². The Hall–Kier alpha value is -4.21. The molecule has 1 saturated carbocycles. The van der Waals surface area contributed by atoms with Gasteiger partial charge in [-0.3, -0.25) is 9.59 Å². The quantitative estimate of drug-likeness (QED) is 0.153. The first-order chi connectivity index (χ1) is 22.8. The van der Waals surface area contributed by atoms with Gasteiger partial charge < -0.3 is 19.7 Å². The highest BCUT2D eigenvalue weighted by Gasteiger charge is 2.45. The molecule has 2 fully saturated rings. The number of carbonyl (C=O) groups excluding carboxylic acids is 2. The van der Waals surface area contributed by atoms with Crippen molar-refractivity contribution < 1.29 is 50.7 Å². The number of halogens is 5. The van der Waals surface area contributed by atoms with Gasteiger partial charge in [0.25, 0.3) is 5.91 Å². The molecule has 3 aromatic carbocycles. The van der Waals surface area contributed by atoms with Crippen molar-refractivity contribution in [3.8, 4) is 11.5 Å². The smallest absolute Gasteiger partial charge is 0.416 e. The monoisotopic (exact) mass is 707 g/mol. The first-order valence-corrected chi connectivity index (χ1v) is 16.5. The predicted molar refractivity (Wildman–Crippen MR) is 171 cm³/mol. The van der Waals surface area contributed by atoms with Crippen LogP contribution in [0.25, 0.3) is 0 Å². The number of ether oxygens (including phenoxy) is 1. The minimum atomic E-state index is -4.81. The molecule has 0 aromatic heterocycles. The van der Waals surface area contributed by atoms with Crippen molar-refractivity contribution in [1.29, 1.82) is 0 Å². The van der Waals surface area contributed by atoms with Gasteiger partial charge in [-0.15, -0.1) is 4.72 Å². The molecule has 49 heavy (non-hydrogen) atoms. The summed E-state index contributed by atoms with van der Waals surface area (Å²) in [7, 11) is 0. The fraction of sp³-hybridized carbons (Fsp3) is 0.382. The number of rotatable bonds is 9. The molecule has 15 heteroatoms. The van der Waals surface area contributed by atoms with Crippen LogP contribution < -0.4 is 14.8 Å². The summed E-state index contributed by atoms with van der Waals surface area (Å²) in [4.78, 5) is 39.0. The molecule has 262 valence electrons. The van der Waals surface area contributed by atoms with Crippen molar-refractivity contribution in [2.45, 2.75) is 69.8 Å². The summed E-state index contributed by atoms with van der Waals surface area (Å²) in [5, 5.41) is 11.9. The second kappa shape index (κ2) is 13.6. The third-order valence-electron chi connectivity index (χ3n) is 8.34. The number of imide groups is 1. The van der Waals surface area contributed by atoms with Gasteiger partial charge in [0.1, 0.15) is 27.9 Å². The highest BCUT2D eigenvalue weighted by Crippen LogP contribution is 2.48. The summed E-state index contributed by atoms with van der Waals surface area (Å²) >= 11 is -1.86. The van der Waals surface area contributed by atoms with E-state index in [1.165, 1.54) is 19.1 Å². The highest BCUT2D eigenvalue weighted by atomic mass is 32.2. The van der Waals surface area contributed by atoms with Crippen molar-refractivity contribution in [3.05, 3.63) is 88.0 Å². The minimum absolute atomic E-state index is 0.0166. The van der Waals surface area contributed by atoms with E-state index < -0.39 is 74.9 Å². The summed E-state index contributed by atoms with van der Waals surface area (Å²) in [5.74, 6) is -4.94. The van der Waals surface area contributed by atoms with E-state index in [0.29, 0.717) is 29.4 Å². The molecule has 1 aliphatic carbocycles. The van der Waals surface area contributed by atoms with Crippen LogP contribution in [0.15, 0.2) is 48.5 Å². The molecular weight excluding hydrogens is 673 g/mol. The zero-order valence-corrected chi connectivity index (χ0v) is 27.7. The number of carboxylic acid groups (broad SMARTS) is 1. The number of aryl methyl sites for hydroxylation is 1. The lowest BCUT2D eigenvalue weighted by atomic mass is 9.91. The van der Waals surface area contributed by atoms with Gasteiger partial charge in [0, 0.05) is 29.2 Å². The molecule has 0 spiro atoms. The maximum atomic E-state index is 15.5. The van der Waals surface area contributed by atoms with E-state index in [0.717, 1.165) is 30.3 Å². The van der Waals surface area contributed by atoms with Crippen LogP contribution in [0.3, 0.4) is 0 Å². The summed E-state index contributed by atoms with van der Waals surface area (Å²) in [6, 6.07) is 7.38. The fourth-order valence-electron chi connectivity index (χ4n) is 5.59. The van der Waals surface area contributed by atoms with Crippen LogP contribution in [0.1, 0.15) is 84.6 Å². The van der Waals surface area contributed by atoms with Crippen LogP contribution in [0.5, 0.6) is 11.5 Å². The van der Waals surface area contributed by atoms with Crippen molar-refractivity contribution in [1.82, 2.24) is 9.62 Å². The topological polar surface area (TPSA) is 131 Å². The van der Waals surface area contributed by atoms with Crippen LogP contribution in [-0.4, -0.2) is 43.8 Å². The SMILES string of the molecule is Cc1cc(F)ccc1Oc1cc(C2CC2)c(C(F)(F)F)cc1C(=O)Nc1ccc(F)c(C(N[S+]([O-])C(C)(C)C)C2CCN(C(=O)O)C2=O)c1. The number of nitrogens with one attached hydrogen (secondary N) is 2. The fourth-order valence-corrected chi connectivity index (χ4v) is 6.47. The molecule has 3 amide bonds. The van der Waals surface area contributed by atoms with Gasteiger partial charge in [-0.2, -0.15) is 13.2 Å². The Labute approximate surface area is 282 Å². The first-order valence-electron chi connectivity index (χ1n) is 15.4. The Balaban J connectivity index is 1.54. The number of likely N-dealkylation sites (tertiary alicyclic amines) is 1. The largest absolute Gasteiger partial charge is 0.598 e. The minimum Gasteiger partial charge on any atom is -0.598 e. The molecule has 3 atom stereocenters. The van der Waals surface area contributed by atoms with Gasteiger partial charge in [0.15, 0.2) is 0 Å². The molecule has 0 radical (unpaired) electrons. The maximum absolute atomic E-state index is 15.5. The zero-order chi connectivity index (χ0) is 36.0. The van der Waals surface area contributed by atoms with Crippen molar-refractivity contribution in [2.24, 2.45) is 5.92 Å². The van der Waals surface area contributed by atoms with Crippen LogP contribution in [0.2, 0.25) is 0 Å². The third kappa shape index (κ3) is 8.00. The summed E-state index contributed by atoms with van der Waals surface area (Å²) in [6.07, 6.45) is -5.28. The second-order valence-corrected chi connectivity index (χ2v) is 15.1. The normalized spacial score (nSPS) is 18.0. The molecule has 9 nitrogen and oxygen atoms in total. The number of nitrogens with zero attached hydrogens (tertiary/aromatic N) is 1. The lowest BCUT2D eigenvalue weighted by Crippen LogP contribution is -2.45. The molecule has 1 saturated heterocycles. The van der Waals surface area contributed by atoms with Crippen LogP contribution >= 0.6 is 0 Å². The lowest BCUT2D eigenvalue weighted by Gasteiger charge is -2.30. The number of carbonyl (C=O) groups is 3. The number of amides is 3. The molecule has 1 aliphatic heterocycles. The van der Waals surface area contributed by atoms with Gasteiger partial charge in [-0.05, 0) is 113 Å². The van der Waals surface area contributed by atoms with Gasteiger partial charge in [-0.1, -0.05) is 0 Å². The number of anilines is 1. The van der Waals surface area contributed by atoms with Crippen molar-refractivity contribution in [3.63, 3.8) is 0 Å². The average molecular weight is 708 g/mol. The van der Waals surface area contributed by atoms with Crippen molar-refractivity contribution >= 4 is 35.0 Å². The number of hydrogen-bond donors (Lipinski definition) is 3. The Morgan fingerprint density at radius 1 is 1.02 bits per heavy atom. The van der Waals surface area contributed by atoms with Crippen LogP contribution in [0, 0.1) is 24.5 Å². The Morgan fingerprint density at radius 3 is 2.29 bits per heavy atom. The van der Waals surface area contributed by atoms with E-state index in [4.69, 9.17) is 4.74 Å². The highest BCUT2D eigenvalue weighted by molar-refractivity contribution is 7.90. The first kappa shape index (κ1) is 36.1. The molecule has 1 heterocycles. The second-order valence-electron chi connectivity index (χ2n) is 13.1. The van der Waals surface area contributed by atoms with Crippen molar-refractivity contribution in [2.75, 3.05) is 11.9 Å². The Kier molecular flexibility index (Phi) is 10.0. The standard InChI is InChI=1S/C34H34F5N3O6S/c1-17-13-19(35)7-10-27(17)48-28-16-22(18-5-6-18)25(34(37,38)39)15-24(28)30(43)40-20-8-9-26(36)23(14-20)29(41-49(47)33(2,3)4)21-11-12-42(31(21)44)32(45)46/h7-10,13-16,18,21,29,41H,5-6,11-12H2,1-4H3,(H,40,43)(H,45,46). The van der Waals surface area contributed by atoms with E-state index in [9.17, 15) is 41.6 Å². The molecule has 3 aromatic rings. The van der Waals surface area contributed by atoms with E-state index in [1.807, 2.05) is 0 Å². The Morgan fingerprint density at radius 2 is 1.71 bits per heavy atom. The van der Waals surface area contributed by atoms with E-state index in [1.54, 1.807) is 20.8 Å². The molecule has 5 rings (SSSR count). The molecule has 2 aliphatic rings. The van der Waals surface area contributed by atoms with Crippen LogP contribution in [0.4, 0.5) is 32.4 Å². The average Bonchev–Trinajstić information content (AvgIpc) is 3.78. The van der Waals surface area contributed by atoms with Gasteiger partial charge in [0.05, 0.1) is 23.1 Å². The third-order valence-corrected chi connectivity index (χ3v) is 9.92. The summed E-state index contributed by atoms with van der Waals surface area (Å²) in [5.41, 5.74) is -1.53. The summed E-state index contributed by atoms with van der Waals surface area (Å²) in [6.45, 7) is 6.27. The molecule has 3 N–H and O–H groups in total. The lowest BCUT2D eigenvalue weighted by molar-refractivity contribution is -0.138. The van der Waals surface area contributed by atoms with Gasteiger partial charge in [0.2, 0.25) is 5.91 Å². The van der Waals surface area contributed by atoms with E-state index in [-0.39, 0.29) is 47.2 Å². The molecular formula is C34H34F5N3O6S. The Bertz CT molecular complexity index is 1790. The number of hydrogen-bond acceptors (Lipinski definition) is 6. The van der Waals surface area contributed by atoms with E-state index in [2.05, 4.69) is 10.0 Å². The molecule has 0 bridgehead atoms. The molecule has 3 unspecified atom stereocenters. The van der Waals surface area contributed by atoms with Crippen LogP contribution in [-0.2, 0) is 22.3 Å². The number of alkyl halides is 3. The zero-order valence-electron chi connectivity index (χ0n) is 26.9. The van der Waals surface area contributed by atoms with Gasteiger partial charge >= 0.3 is 12.3 Å². The van der Waals surface area contributed by atoms with E-state index >= 15 is 4.39 Å². The maximum Gasteiger partial charge on any atom is 0.416 e. The predicted octanol–water partition coefficient (Wildman–Crippen LogP) is 7.83.